The molecule has 0 aliphatic carbocycles. The number of guanidine groups is 1. The first-order chi connectivity index (χ1) is 9.93. The maximum Gasteiger partial charge on any atom is 0.248 e. The lowest BCUT2D eigenvalue weighted by atomic mass is 10.1. The Bertz CT molecular complexity index is 503. The summed E-state index contributed by atoms with van der Waals surface area (Å²) in [4.78, 5) is 15.7. The van der Waals surface area contributed by atoms with Gasteiger partial charge in [-0.05, 0) is 37.5 Å². The molecule has 1 aromatic rings. The summed E-state index contributed by atoms with van der Waals surface area (Å²) in [5.74, 6) is 0.884. The molecular weight excluding hydrogens is 391 g/mol. The molecule has 0 aliphatic heterocycles. The second-order valence-corrected chi connectivity index (χ2v) is 5.44. The fourth-order valence-electron chi connectivity index (χ4n) is 1.70. The maximum absolute atomic E-state index is 11.2. The average Bonchev–Trinajstić information content (AvgIpc) is 2.45. The molecule has 1 unspecified atom stereocenters. The fraction of sp³-hybridized carbons (Fsp3) is 0.500. The van der Waals surface area contributed by atoms with E-state index in [9.17, 15) is 4.79 Å². The highest BCUT2D eigenvalue weighted by atomic mass is 127. The monoisotopic (exact) mass is 418 g/mol. The molecule has 1 amide bonds. The van der Waals surface area contributed by atoms with Crippen LogP contribution >= 0.6 is 24.0 Å². The van der Waals surface area contributed by atoms with Crippen molar-refractivity contribution in [3.8, 4) is 0 Å². The molecule has 0 bridgehead atoms. The molecule has 5 nitrogen and oxygen atoms in total. The van der Waals surface area contributed by atoms with E-state index >= 15 is 0 Å². The van der Waals surface area contributed by atoms with Crippen LogP contribution in [0.15, 0.2) is 29.3 Å². The van der Waals surface area contributed by atoms with E-state index in [1.807, 2.05) is 19.1 Å². The van der Waals surface area contributed by atoms with Crippen LogP contribution in [0.1, 0.15) is 43.6 Å². The van der Waals surface area contributed by atoms with Crippen molar-refractivity contribution >= 4 is 35.8 Å². The molecule has 0 heterocycles. The number of halogens is 1. The third-order valence-electron chi connectivity index (χ3n) is 3.34. The van der Waals surface area contributed by atoms with Gasteiger partial charge >= 0.3 is 0 Å². The van der Waals surface area contributed by atoms with E-state index in [2.05, 4.69) is 36.4 Å². The average molecular weight is 418 g/mol. The number of aliphatic imine (C=N–C) groups is 1. The number of carbonyl (C=O) groups excluding carboxylic acids is 1. The standard InChI is InChI=1S/C16H26N4O.HI/c1-5-18-16(20-12(4)11(2)3)19-10-13-7-6-8-14(9-13)15(17)21;/h6-9,11-12H,5,10H2,1-4H3,(H2,17,21)(H2,18,19,20);1H. The minimum Gasteiger partial charge on any atom is -0.366 e. The lowest BCUT2D eigenvalue weighted by Crippen LogP contribution is -2.44. The molecule has 124 valence electrons. The predicted molar refractivity (Wildman–Crippen MR) is 103 cm³/mol. The molecule has 6 heteroatoms. The number of nitrogens with zero attached hydrogens (tertiary/aromatic N) is 1. The highest BCUT2D eigenvalue weighted by molar-refractivity contribution is 14.0. The number of benzene rings is 1. The van der Waals surface area contributed by atoms with Crippen LogP contribution in [0.25, 0.3) is 0 Å². The number of primary amides is 1. The van der Waals surface area contributed by atoms with Crippen molar-refractivity contribution in [1.82, 2.24) is 10.6 Å². The molecule has 0 radical (unpaired) electrons. The lowest BCUT2D eigenvalue weighted by molar-refractivity contribution is 0.1000. The van der Waals surface area contributed by atoms with Gasteiger partial charge in [-0.3, -0.25) is 4.79 Å². The molecule has 0 aromatic heterocycles. The molecule has 0 aliphatic rings. The maximum atomic E-state index is 11.2. The molecule has 0 spiro atoms. The SMILES string of the molecule is CCNC(=NCc1cccc(C(N)=O)c1)NC(C)C(C)C.I. The zero-order valence-electron chi connectivity index (χ0n) is 13.7. The summed E-state index contributed by atoms with van der Waals surface area (Å²) in [6, 6.07) is 7.58. The van der Waals surface area contributed by atoms with Gasteiger partial charge in [-0.25, -0.2) is 4.99 Å². The molecule has 1 atom stereocenters. The van der Waals surface area contributed by atoms with Gasteiger partial charge in [0.15, 0.2) is 5.96 Å². The minimum atomic E-state index is -0.417. The molecule has 4 N–H and O–H groups in total. The molecule has 0 saturated heterocycles. The number of amides is 1. The van der Waals surface area contributed by atoms with Crippen molar-refractivity contribution in [2.45, 2.75) is 40.3 Å². The first kappa shape index (κ1) is 20.7. The number of rotatable bonds is 6. The lowest BCUT2D eigenvalue weighted by Gasteiger charge is -2.20. The molecule has 0 saturated carbocycles. The number of nitrogens with two attached hydrogens (primary N) is 1. The highest BCUT2D eigenvalue weighted by Crippen LogP contribution is 2.06. The Morgan fingerprint density at radius 2 is 2.00 bits per heavy atom. The van der Waals surface area contributed by atoms with E-state index in [4.69, 9.17) is 5.73 Å². The van der Waals surface area contributed by atoms with Crippen LogP contribution in [-0.2, 0) is 6.54 Å². The van der Waals surface area contributed by atoms with Crippen LogP contribution in [0.2, 0.25) is 0 Å². The Morgan fingerprint density at radius 3 is 2.55 bits per heavy atom. The van der Waals surface area contributed by atoms with Crippen molar-refractivity contribution in [2.75, 3.05) is 6.54 Å². The van der Waals surface area contributed by atoms with Gasteiger partial charge in [0, 0.05) is 18.2 Å². The molecular formula is C16H27IN4O. The first-order valence-corrected chi connectivity index (χ1v) is 7.37. The third kappa shape index (κ3) is 7.11. The quantitative estimate of drug-likeness (QED) is 0.377. The third-order valence-corrected chi connectivity index (χ3v) is 3.34. The Balaban J connectivity index is 0.00000441. The van der Waals surface area contributed by atoms with Crippen molar-refractivity contribution < 1.29 is 4.79 Å². The number of hydrogen-bond donors (Lipinski definition) is 3. The number of hydrogen-bond acceptors (Lipinski definition) is 2. The molecule has 22 heavy (non-hydrogen) atoms. The Kier molecular flexibility index (Phi) is 9.80. The number of carbonyl (C=O) groups is 1. The zero-order valence-corrected chi connectivity index (χ0v) is 16.0. The largest absolute Gasteiger partial charge is 0.366 e. The summed E-state index contributed by atoms with van der Waals surface area (Å²) < 4.78 is 0. The van der Waals surface area contributed by atoms with E-state index in [0.717, 1.165) is 18.1 Å². The van der Waals surface area contributed by atoms with Gasteiger partial charge in [0.25, 0.3) is 0 Å². The molecule has 1 aromatic carbocycles. The van der Waals surface area contributed by atoms with Crippen molar-refractivity contribution in [1.29, 1.82) is 0 Å². The number of nitrogens with one attached hydrogen (secondary N) is 2. The van der Waals surface area contributed by atoms with Crippen LogP contribution in [0.5, 0.6) is 0 Å². The summed E-state index contributed by atoms with van der Waals surface area (Å²) in [7, 11) is 0. The second-order valence-electron chi connectivity index (χ2n) is 5.44. The van der Waals surface area contributed by atoms with Crippen LogP contribution in [0.4, 0.5) is 0 Å². The van der Waals surface area contributed by atoms with Crippen LogP contribution in [0.3, 0.4) is 0 Å². The van der Waals surface area contributed by atoms with E-state index in [0.29, 0.717) is 24.1 Å². The minimum absolute atomic E-state index is 0. The van der Waals surface area contributed by atoms with Crippen LogP contribution in [0, 0.1) is 5.92 Å². The Hall–Kier alpha value is -1.31. The zero-order chi connectivity index (χ0) is 15.8. The van der Waals surface area contributed by atoms with Gasteiger partial charge in [0.05, 0.1) is 6.54 Å². The van der Waals surface area contributed by atoms with E-state index in [-0.39, 0.29) is 24.0 Å². The van der Waals surface area contributed by atoms with Crippen molar-refractivity contribution in [3.05, 3.63) is 35.4 Å². The first-order valence-electron chi connectivity index (χ1n) is 7.37. The van der Waals surface area contributed by atoms with Gasteiger partial charge in [-0.2, -0.15) is 0 Å². The van der Waals surface area contributed by atoms with Gasteiger partial charge in [0.1, 0.15) is 0 Å². The smallest absolute Gasteiger partial charge is 0.248 e. The van der Waals surface area contributed by atoms with E-state index < -0.39 is 5.91 Å². The van der Waals surface area contributed by atoms with Crippen molar-refractivity contribution in [3.63, 3.8) is 0 Å². The van der Waals surface area contributed by atoms with Gasteiger partial charge in [-0.1, -0.05) is 26.0 Å². The molecule has 0 fully saturated rings. The Labute approximate surface area is 150 Å². The van der Waals surface area contributed by atoms with Crippen LogP contribution < -0.4 is 16.4 Å². The highest BCUT2D eigenvalue weighted by Gasteiger charge is 2.08. The van der Waals surface area contributed by atoms with E-state index in [1.165, 1.54) is 0 Å². The summed E-state index contributed by atoms with van der Waals surface area (Å²) in [5, 5.41) is 6.60. The second kappa shape index (κ2) is 10.4. The van der Waals surface area contributed by atoms with Crippen LogP contribution in [-0.4, -0.2) is 24.5 Å². The topological polar surface area (TPSA) is 79.5 Å². The summed E-state index contributed by atoms with van der Waals surface area (Å²) in [5.41, 5.74) is 6.76. The van der Waals surface area contributed by atoms with E-state index in [1.54, 1.807) is 12.1 Å². The summed E-state index contributed by atoms with van der Waals surface area (Å²) >= 11 is 0. The Morgan fingerprint density at radius 1 is 1.32 bits per heavy atom. The van der Waals surface area contributed by atoms with Gasteiger partial charge in [0.2, 0.25) is 5.91 Å². The van der Waals surface area contributed by atoms with Gasteiger partial charge in [-0.15, -0.1) is 24.0 Å². The predicted octanol–water partition coefficient (Wildman–Crippen LogP) is 2.50. The normalized spacial score (nSPS) is 12.5. The van der Waals surface area contributed by atoms with Gasteiger partial charge < -0.3 is 16.4 Å². The molecule has 1 rings (SSSR count). The summed E-state index contributed by atoms with van der Waals surface area (Å²) in [6.45, 7) is 9.80. The summed E-state index contributed by atoms with van der Waals surface area (Å²) in [6.07, 6.45) is 0. The fourth-order valence-corrected chi connectivity index (χ4v) is 1.70. The van der Waals surface area contributed by atoms with Crippen molar-refractivity contribution in [2.24, 2.45) is 16.6 Å².